The van der Waals surface area contributed by atoms with Crippen LogP contribution in [-0.2, 0) is 15.6 Å². The van der Waals surface area contributed by atoms with Gasteiger partial charge in [-0.2, -0.15) is 0 Å². The SMILES string of the molecule is CC(CCNC(=O)C1(N)CCCCC1)S(C)=O. The number of nitrogens with one attached hydrogen (secondary N) is 1. The highest BCUT2D eigenvalue weighted by Gasteiger charge is 2.34. The average Bonchev–Trinajstić information content (AvgIpc) is 2.29. The van der Waals surface area contributed by atoms with Crippen molar-refractivity contribution < 1.29 is 9.00 Å². The van der Waals surface area contributed by atoms with Crippen molar-refractivity contribution in [3.05, 3.63) is 0 Å². The van der Waals surface area contributed by atoms with Gasteiger partial charge in [-0.1, -0.05) is 26.2 Å². The van der Waals surface area contributed by atoms with E-state index in [0.717, 1.165) is 32.1 Å². The van der Waals surface area contributed by atoms with Crippen molar-refractivity contribution in [1.29, 1.82) is 0 Å². The summed E-state index contributed by atoms with van der Waals surface area (Å²) in [5, 5.41) is 3.00. The van der Waals surface area contributed by atoms with Crippen LogP contribution in [-0.4, -0.2) is 33.7 Å². The first-order valence-electron chi connectivity index (χ1n) is 6.35. The molecule has 4 nitrogen and oxygen atoms in total. The van der Waals surface area contributed by atoms with Gasteiger partial charge in [-0.05, 0) is 19.3 Å². The van der Waals surface area contributed by atoms with Gasteiger partial charge < -0.3 is 11.1 Å². The highest BCUT2D eigenvalue weighted by Crippen LogP contribution is 2.25. The minimum absolute atomic E-state index is 0.0358. The maximum atomic E-state index is 12.0. The van der Waals surface area contributed by atoms with Gasteiger partial charge in [-0.25, -0.2) is 0 Å². The van der Waals surface area contributed by atoms with Gasteiger partial charge >= 0.3 is 0 Å². The molecule has 1 aliphatic rings. The molecule has 3 N–H and O–H groups in total. The first kappa shape index (κ1) is 14.6. The summed E-state index contributed by atoms with van der Waals surface area (Å²) in [7, 11) is -0.823. The van der Waals surface area contributed by atoms with E-state index in [2.05, 4.69) is 5.32 Å². The molecule has 2 atom stereocenters. The Bertz CT molecular complexity index is 288. The summed E-state index contributed by atoms with van der Waals surface area (Å²) in [6.45, 7) is 2.50. The molecule has 0 radical (unpaired) electrons. The lowest BCUT2D eigenvalue weighted by molar-refractivity contribution is -0.127. The predicted molar refractivity (Wildman–Crippen MR) is 71.2 cm³/mol. The van der Waals surface area contributed by atoms with Crippen molar-refractivity contribution in [1.82, 2.24) is 5.32 Å². The van der Waals surface area contributed by atoms with Gasteiger partial charge in [0.2, 0.25) is 5.91 Å². The van der Waals surface area contributed by atoms with Gasteiger partial charge in [-0.15, -0.1) is 0 Å². The third kappa shape index (κ3) is 4.39. The Morgan fingerprint density at radius 2 is 2.00 bits per heavy atom. The number of carbonyl (C=O) groups is 1. The van der Waals surface area contributed by atoms with Crippen molar-refractivity contribution in [3.8, 4) is 0 Å². The van der Waals surface area contributed by atoms with Crippen LogP contribution in [0.15, 0.2) is 0 Å². The maximum Gasteiger partial charge on any atom is 0.240 e. The number of nitrogens with two attached hydrogens (primary N) is 1. The highest BCUT2D eigenvalue weighted by molar-refractivity contribution is 7.84. The molecule has 1 rings (SSSR count). The predicted octanol–water partition coefficient (Wildman–Crippen LogP) is 0.921. The second-order valence-corrected chi connectivity index (χ2v) is 6.87. The maximum absolute atomic E-state index is 12.0. The zero-order valence-corrected chi connectivity index (χ0v) is 11.6. The van der Waals surface area contributed by atoms with Crippen LogP contribution in [0.25, 0.3) is 0 Å². The van der Waals surface area contributed by atoms with E-state index in [-0.39, 0.29) is 11.2 Å². The summed E-state index contributed by atoms with van der Waals surface area (Å²) in [5.74, 6) is -0.0358. The molecule has 5 heteroatoms. The molecule has 0 spiro atoms. The molecule has 100 valence electrons. The molecule has 1 amide bonds. The molecule has 0 aliphatic heterocycles. The fourth-order valence-corrected chi connectivity index (χ4v) is 2.59. The van der Waals surface area contributed by atoms with Crippen LogP contribution in [0.2, 0.25) is 0 Å². The standard InChI is InChI=1S/C12H24N2O2S/c1-10(17(2)16)6-9-14-11(15)12(13)7-4-3-5-8-12/h10H,3-9,13H2,1-2H3,(H,14,15). The quantitative estimate of drug-likeness (QED) is 0.772. The normalized spacial score (nSPS) is 22.8. The summed E-state index contributed by atoms with van der Waals surface area (Å²) in [4.78, 5) is 12.0. The van der Waals surface area contributed by atoms with Gasteiger partial charge in [-0.3, -0.25) is 9.00 Å². The van der Waals surface area contributed by atoms with Crippen molar-refractivity contribution in [2.24, 2.45) is 5.73 Å². The van der Waals surface area contributed by atoms with E-state index in [1.165, 1.54) is 6.42 Å². The topological polar surface area (TPSA) is 72.2 Å². The Labute approximate surface area is 106 Å². The van der Waals surface area contributed by atoms with E-state index in [9.17, 15) is 9.00 Å². The lowest BCUT2D eigenvalue weighted by atomic mass is 9.82. The van der Waals surface area contributed by atoms with Crippen LogP contribution < -0.4 is 11.1 Å². The second-order valence-electron chi connectivity index (χ2n) is 5.07. The fourth-order valence-electron chi connectivity index (χ4n) is 2.14. The van der Waals surface area contributed by atoms with Crippen LogP contribution in [0.4, 0.5) is 0 Å². The van der Waals surface area contributed by atoms with Gasteiger partial charge in [0.1, 0.15) is 0 Å². The molecular weight excluding hydrogens is 236 g/mol. The molecule has 1 fully saturated rings. The van der Waals surface area contributed by atoms with Gasteiger partial charge in [0.25, 0.3) is 0 Å². The van der Waals surface area contributed by atoms with Crippen LogP contribution in [0.5, 0.6) is 0 Å². The Balaban J connectivity index is 2.31. The first-order valence-corrected chi connectivity index (χ1v) is 7.97. The molecule has 0 saturated heterocycles. The summed E-state index contributed by atoms with van der Waals surface area (Å²) in [6.07, 6.45) is 7.27. The number of amides is 1. The second kappa shape index (κ2) is 6.50. The van der Waals surface area contributed by atoms with E-state index in [4.69, 9.17) is 5.73 Å². The summed E-state index contributed by atoms with van der Waals surface area (Å²) < 4.78 is 11.2. The molecule has 0 aromatic heterocycles. The smallest absolute Gasteiger partial charge is 0.240 e. The van der Waals surface area contributed by atoms with E-state index in [1.54, 1.807) is 6.26 Å². The fraction of sp³-hybridized carbons (Fsp3) is 0.917. The zero-order chi connectivity index (χ0) is 12.9. The molecular formula is C12H24N2O2S. The molecule has 0 heterocycles. The Morgan fingerprint density at radius 1 is 1.41 bits per heavy atom. The van der Waals surface area contributed by atoms with Gasteiger partial charge in [0.05, 0.1) is 5.54 Å². The molecule has 1 saturated carbocycles. The largest absolute Gasteiger partial charge is 0.354 e. The lowest BCUT2D eigenvalue weighted by Gasteiger charge is -2.31. The molecule has 2 unspecified atom stereocenters. The zero-order valence-electron chi connectivity index (χ0n) is 10.8. The monoisotopic (exact) mass is 260 g/mol. The minimum Gasteiger partial charge on any atom is -0.354 e. The van der Waals surface area contributed by atoms with Crippen LogP contribution >= 0.6 is 0 Å². The van der Waals surface area contributed by atoms with Crippen molar-refractivity contribution in [3.63, 3.8) is 0 Å². The summed E-state index contributed by atoms with van der Waals surface area (Å²) in [6, 6.07) is 0. The Morgan fingerprint density at radius 3 is 2.53 bits per heavy atom. The van der Waals surface area contributed by atoms with Crippen LogP contribution in [0.3, 0.4) is 0 Å². The van der Waals surface area contributed by atoms with Crippen LogP contribution in [0, 0.1) is 0 Å². The lowest BCUT2D eigenvalue weighted by Crippen LogP contribution is -2.55. The van der Waals surface area contributed by atoms with Crippen molar-refractivity contribution in [2.75, 3.05) is 12.8 Å². The number of hydrogen-bond acceptors (Lipinski definition) is 3. The average molecular weight is 260 g/mol. The molecule has 17 heavy (non-hydrogen) atoms. The first-order chi connectivity index (χ1) is 7.96. The highest BCUT2D eigenvalue weighted by atomic mass is 32.2. The molecule has 0 bridgehead atoms. The Hall–Kier alpha value is -0.420. The minimum atomic E-state index is -0.823. The van der Waals surface area contributed by atoms with Gasteiger partial charge in [0, 0.05) is 28.9 Å². The van der Waals surface area contributed by atoms with E-state index >= 15 is 0 Å². The summed E-state index contributed by atoms with van der Waals surface area (Å²) >= 11 is 0. The third-order valence-corrected chi connectivity index (χ3v) is 4.97. The number of hydrogen-bond donors (Lipinski definition) is 2. The Kier molecular flexibility index (Phi) is 5.59. The van der Waals surface area contributed by atoms with Gasteiger partial charge in [0.15, 0.2) is 0 Å². The van der Waals surface area contributed by atoms with Crippen molar-refractivity contribution in [2.45, 2.75) is 56.2 Å². The van der Waals surface area contributed by atoms with E-state index in [1.807, 2.05) is 6.92 Å². The molecule has 1 aliphatic carbocycles. The van der Waals surface area contributed by atoms with Crippen molar-refractivity contribution >= 4 is 16.7 Å². The number of carbonyl (C=O) groups excluding carboxylic acids is 1. The number of rotatable bonds is 5. The van der Waals surface area contributed by atoms with E-state index in [0.29, 0.717) is 6.54 Å². The third-order valence-electron chi connectivity index (χ3n) is 3.60. The van der Waals surface area contributed by atoms with Crippen LogP contribution in [0.1, 0.15) is 45.4 Å². The molecule has 0 aromatic rings. The summed E-state index contributed by atoms with van der Waals surface area (Å²) in [5.41, 5.74) is 5.45. The molecule has 0 aromatic carbocycles. The van der Waals surface area contributed by atoms with E-state index < -0.39 is 16.3 Å².